The zero-order valence-corrected chi connectivity index (χ0v) is 15.2. The van der Waals surface area contributed by atoms with Gasteiger partial charge in [0.2, 0.25) is 0 Å². The van der Waals surface area contributed by atoms with E-state index in [1.165, 1.54) is 0 Å². The van der Waals surface area contributed by atoms with Gasteiger partial charge in [0.15, 0.2) is 0 Å². The van der Waals surface area contributed by atoms with Crippen molar-refractivity contribution in [3.63, 3.8) is 0 Å². The van der Waals surface area contributed by atoms with Crippen LogP contribution in [0.5, 0.6) is 11.5 Å². The molecule has 0 amide bonds. The molecule has 0 atom stereocenters. The molecule has 0 saturated carbocycles. The maximum atomic E-state index is 9.54. The molecule has 0 saturated heterocycles. The summed E-state index contributed by atoms with van der Waals surface area (Å²) in [5, 5.41) is 26.1. The van der Waals surface area contributed by atoms with Crippen molar-refractivity contribution in [2.24, 2.45) is 9.98 Å². The van der Waals surface area contributed by atoms with Crippen LogP contribution in [0.2, 0.25) is 0 Å². The second kappa shape index (κ2) is 14.4. The van der Waals surface area contributed by atoms with E-state index in [9.17, 15) is 10.2 Å². The van der Waals surface area contributed by atoms with E-state index in [1.54, 1.807) is 48.8 Å². The van der Waals surface area contributed by atoms with Gasteiger partial charge < -0.3 is 15.3 Å². The molecule has 2 aromatic rings. The molecular weight excluding hydrogens is 392 g/mol. The zero-order chi connectivity index (χ0) is 18.2. The molecule has 0 aromatic heterocycles. The SMILES string of the molecule is CO.Oc1ccccc1C=NCCN=Cc1ccccc1O.[O]=[Mo]. The Labute approximate surface area is 152 Å². The Morgan fingerprint density at radius 3 is 1.46 bits per heavy atom. The van der Waals surface area contributed by atoms with E-state index in [2.05, 4.69) is 9.98 Å². The average molecular weight is 412 g/mol. The molecule has 6 nitrogen and oxygen atoms in total. The van der Waals surface area contributed by atoms with Crippen LogP contribution in [0.4, 0.5) is 0 Å². The van der Waals surface area contributed by atoms with Crippen molar-refractivity contribution in [1.29, 1.82) is 0 Å². The summed E-state index contributed by atoms with van der Waals surface area (Å²) in [7, 11) is 1.00. The Balaban J connectivity index is 0.00000123. The summed E-state index contributed by atoms with van der Waals surface area (Å²) in [5.74, 6) is 0.433. The average Bonchev–Trinajstić information content (AvgIpc) is 2.64. The van der Waals surface area contributed by atoms with Crippen molar-refractivity contribution >= 4 is 12.4 Å². The fraction of sp³-hybridized carbons (Fsp3) is 0.176. The second-order valence-corrected chi connectivity index (χ2v) is 4.19. The van der Waals surface area contributed by atoms with Gasteiger partial charge in [-0.1, -0.05) is 24.3 Å². The van der Waals surface area contributed by atoms with Crippen LogP contribution in [0, 0.1) is 0 Å². The van der Waals surface area contributed by atoms with Gasteiger partial charge in [-0.25, -0.2) is 0 Å². The van der Waals surface area contributed by atoms with Gasteiger partial charge in [-0.3, -0.25) is 9.98 Å². The fourth-order valence-electron chi connectivity index (χ4n) is 1.63. The number of para-hydroxylation sites is 2. The Hall–Kier alpha value is -2.17. The van der Waals surface area contributed by atoms with Crippen LogP contribution >= 0.6 is 0 Å². The molecule has 0 unspecified atom stereocenters. The van der Waals surface area contributed by atoms with E-state index in [0.717, 1.165) is 7.11 Å². The Bertz CT molecular complexity index is 592. The third-order valence-electron chi connectivity index (χ3n) is 2.69. The van der Waals surface area contributed by atoms with Crippen LogP contribution in [-0.4, -0.2) is 47.9 Å². The second-order valence-electron chi connectivity index (χ2n) is 4.19. The molecule has 128 valence electrons. The van der Waals surface area contributed by atoms with Crippen LogP contribution in [0.15, 0.2) is 58.5 Å². The van der Waals surface area contributed by atoms with Gasteiger partial charge in [0, 0.05) is 30.7 Å². The van der Waals surface area contributed by atoms with Crippen LogP contribution in [-0.2, 0) is 23.2 Å². The molecule has 0 radical (unpaired) electrons. The third-order valence-corrected chi connectivity index (χ3v) is 2.69. The van der Waals surface area contributed by atoms with Crippen molar-refractivity contribution < 1.29 is 38.5 Å². The molecule has 0 aliphatic rings. The molecule has 0 bridgehead atoms. The Morgan fingerprint density at radius 2 is 1.12 bits per heavy atom. The quantitative estimate of drug-likeness (QED) is 0.398. The molecule has 0 heterocycles. The number of phenolic OH excluding ortho intramolecular Hbond substituents is 2. The molecule has 3 N–H and O–H groups in total. The van der Waals surface area contributed by atoms with Gasteiger partial charge in [0.1, 0.15) is 11.5 Å². The van der Waals surface area contributed by atoms with Crippen molar-refractivity contribution in [2.75, 3.05) is 20.2 Å². The number of phenols is 2. The zero-order valence-electron chi connectivity index (χ0n) is 13.2. The first kappa shape index (κ1) is 21.8. The molecule has 7 heteroatoms. The monoisotopic (exact) mass is 414 g/mol. The topological polar surface area (TPSA) is 102 Å². The van der Waals surface area contributed by atoms with E-state index in [-0.39, 0.29) is 11.5 Å². The molecule has 2 rings (SSSR count). The minimum absolute atomic E-state index is 0.217. The number of aliphatic hydroxyl groups is 1. The van der Waals surface area contributed by atoms with E-state index in [4.69, 9.17) is 8.50 Å². The Kier molecular flexibility index (Phi) is 13.1. The number of aliphatic hydroxyl groups excluding tert-OH is 1. The first-order chi connectivity index (χ1) is 11.8. The fourth-order valence-corrected chi connectivity index (χ4v) is 1.63. The maximum absolute atomic E-state index is 9.54. The van der Waals surface area contributed by atoms with Gasteiger partial charge in [-0.05, 0) is 24.3 Å². The summed E-state index contributed by atoms with van der Waals surface area (Å²) in [6, 6.07) is 14.1. The van der Waals surface area contributed by atoms with Crippen molar-refractivity contribution in [3.05, 3.63) is 59.7 Å². The normalized spacial score (nSPS) is 9.92. The van der Waals surface area contributed by atoms with Crippen molar-refractivity contribution in [3.8, 4) is 11.5 Å². The molecule has 0 aliphatic carbocycles. The van der Waals surface area contributed by atoms with E-state index < -0.39 is 0 Å². The predicted molar refractivity (Wildman–Crippen MR) is 90.0 cm³/mol. The van der Waals surface area contributed by atoms with Gasteiger partial charge in [-0.2, -0.15) is 0 Å². The van der Waals surface area contributed by atoms with Crippen molar-refractivity contribution in [1.82, 2.24) is 0 Å². The summed E-state index contributed by atoms with van der Waals surface area (Å²) in [6.45, 7) is 1.05. The van der Waals surface area contributed by atoms with Gasteiger partial charge >= 0.3 is 23.2 Å². The third kappa shape index (κ3) is 8.46. The van der Waals surface area contributed by atoms with Crippen LogP contribution in [0.3, 0.4) is 0 Å². The summed E-state index contributed by atoms with van der Waals surface area (Å²) in [6.07, 6.45) is 3.26. The van der Waals surface area contributed by atoms with E-state index >= 15 is 0 Å². The number of benzene rings is 2. The first-order valence-electron chi connectivity index (χ1n) is 6.94. The van der Waals surface area contributed by atoms with Gasteiger partial charge in [0.25, 0.3) is 0 Å². The number of nitrogens with zero attached hydrogens (tertiary/aromatic N) is 2. The summed E-state index contributed by atoms with van der Waals surface area (Å²) >= 11 is 0.700. The predicted octanol–water partition coefficient (Wildman–Crippen LogP) is 2.12. The number of aromatic hydroxyl groups is 2. The number of hydrogen-bond donors (Lipinski definition) is 3. The molecule has 2 aromatic carbocycles. The van der Waals surface area contributed by atoms with E-state index in [0.29, 0.717) is 44.0 Å². The molecule has 0 aliphatic heterocycles. The molecular formula is C17H20MoN2O4. The van der Waals surface area contributed by atoms with Crippen LogP contribution in [0.25, 0.3) is 0 Å². The number of aliphatic imine (C=N–C) groups is 2. The standard InChI is InChI=1S/C16H16N2O2.CH4O.Mo.O/c19-15-7-3-1-5-13(15)11-17-9-10-18-12-14-6-2-4-8-16(14)20;1-2;;/h1-8,11-12,19-20H,9-10H2;2H,1H3;;. The molecule has 24 heavy (non-hydrogen) atoms. The van der Waals surface area contributed by atoms with Crippen LogP contribution in [0.1, 0.15) is 11.1 Å². The summed E-state index contributed by atoms with van der Waals surface area (Å²) < 4.78 is 8.26. The minimum atomic E-state index is 0.217. The summed E-state index contributed by atoms with van der Waals surface area (Å²) in [5.41, 5.74) is 1.38. The van der Waals surface area contributed by atoms with Crippen LogP contribution < -0.4 is 0 Å². The van der Waals surface area contributed by atoms with E-state index in [1.807, 2.05) is 12.1 Å². The summed E-state index contributed by atoms with van der Waals surface area (Å²) in [4.78, 5) is 8.39. The molecule has 0 spiro atoms. The number of rotatable bonds is 5. The Morgan fingerprint density at radius 1 is 0.792 bits per heavy atom. The van der Waals surface area contributed by atoms with Crippen molar-refractivity contribution in [2.45, 2.75) is 0 Å². The molecule has 0 fully saturated rings. The van der Waals surface area contributed by atoms with Gasteiger partial charge in [0.05, 0.1) is 13.1 Å². The first-order valence-corrected chi connectivity index (χ1v) is 7.76. The van der Waals surface area contributed by atoms with Gasteiger partial charge in [-0.15, -0.1) is 0 Å². The number of hydrogen-bond acceptors (Lipinski definition) is 6.